The summed E-state index contributed by atoms with van der Waals surface area (Å²) in [5.74, 6) is 0.432. The van der Waals surface area contributed by atoms with Crippen molar-refractivity contribution in [1.82, 2.24) is 5.43 Å². The maximum atomic E-state index is 12.3. The number of hydrogen-bond donors (Lipinski definition) is 1. The molecule has 27 heavy (non-hydrogen) atoms. The predicted molar refractivity (Wildman–Crippen MR) is 103 cm³/mol. The largest absolute Gasteiger partial charge is 0.496 e. The van der Waals surface area contributed by atoms with Crippen LogP contribution in [-0.4, -0.2) is 37.8 Å². The summed E-state index contributed by atoms with van der Waals surface area (Å²) in [6, 6.07) is 12.2. The lowest BCUT2D eigenvalue weighted by molar-refractivity contribution is -0.125. The van der Waals surface area contributed by atoms with E-state index in [1.807, 2.05) is 0 Å². The number of fused-ring (bicyclic) bond motifs is 1. The average Bonchev–Trinajstić information content (AvgIpc) is 2.68. The third-order valence-electron chi connectivity index (χ3n) is 4.01. The fraction of sp³-hybridized carbons (Fsp3) is 0.211. The minimum absolute atomic E-state index is 0.105. The highest BCUT2D eigenvalue weighted by Crippen LogP contribution is 2.31. The van der Waals surface area contributed by atoms with Crippen LogP contribution in [0.1, 0.15) is 12.5 Å². The van der Waals surface area contributed by atoms with E-state index < -0.39 is 5.91 Å². The van der Waals surface area contributed by atoms with Crippen LogP contribution in [-0.2, 0) is 9.59 Å². The van der Waals surface area contributed by atoms with Gasteiger partial charge in [0.25, 0.3) is 11.8 Å². The first-order chi connectivity index (χ1) is 13.0. The maximum absolute atomic E-state index is 12.3. The molecule has 0 fully saturated rings. The third kappa shape index (κ3) is 4.20. The van der Waals surface area contributed by atoms with Crippen LogP contribution in [0.15, 0.2) is 47.6 Å². The molecule has 1 aliphatic heterocycles. The molecule has 2 aromatic rings. The third-order valence-corrected chi connectivity index (χ3v) is 4.24. The van der Waals surface area contributed by atoms with Crippen LogP contribution in [0.4, 0.5) is 5.69 Å². The molecule has 0 unspecified atom stereocenters. The first kappa shape index (κ1) is 18.7. The van der Waals surface area contributed by atoms with Crippen molar-refractivity contribution in [2.24, 2.45) is 5.10 Å². The van der Waals surface area contributed by atoms with Gasteiger partial charge in [0.15, 0.2) is 6.61 Å². The van der Waals surface area contributed by atoms with Gasteiger partial charge in [-0.25, -0.2) is 5.43 Å². The molecule has 2 aromatic carbocycles. The van der Waals surface area contributed by atoms with Gasteiger partial charge in [-0.1, -0.05) is 23.7 Å². The van der Waals surface area contributed by atoms with Crippen molar-refractivity contribution in [3.63, 3.8) is 0 Å². The van der Waals surface area contributed by atoms with Crippen molar-refractivity contribution >= 4 is 34.8 Å². The number of halogens is 1. The van der Waals surface area contributed by atoms with E-state index in [1.165, 1.54) is 4.90 Å². The van der Waals surface area contributed by atoms with E-state index in [2.05, 4.69) is 10.5 Å². The highest BCUT2D eigenvalue weighted by Gasteiger charge is 2.26. The zero-order chi connectivity index (χ0) is 19.4. The second kappa shape index (κ2) is 8.09. The number of carbonyl (C=O) groups excluding carboxylic acids is 2. The quantitative estimate of drug-likeness (QED) is 0.631. The number of benzene rings is 2. The molecular weight excluding hydrogens is 370 g/mol. The van der Waals surface area contributed by atoms with Gasteiger partial charge in [-0.05, 0) is 37.3 Å². The first-order valence-corrected chi connectivity index (χ1v) is 8.56. The van der Waals surface area contributed by atoms with E-state index in [0.29, 0.717) is 33.5 Å². The Balaban J connectivity index is 1.72. The van der Waals surface area contributed by atoms with Crippen LogP contribution in [0, 0.1) is 0 Å². The lowest BCUT2D eigenvalue weighted by Gasteiger charge is -2.28. The Morgan fingerprint density at radius 2 is 2.11 bits per heavy atom. The van der Waals surface area contributed by atoms with Crippen molar-refractivity contribution in [3.8, 4) is 11.5 Å². The van der Waals surface area contributed by atoms with Gasteiger partial charge >= 0.3 is 0 Å². The Labute approximate surface area is 161 Å². The molecule has 1 heterocycles. The summed E-state index contributed by atoms with van der Waals surface area (Å²) < 4.78 is 10.6. The van der Waals surface area contributed by atoms with E-state index in [9.17, 15) is 9.59 Å². The highest BCUT2D eigenvalue weighted by atomic mass is 35.5. The summed E-state index contributed by atoms with van der Waals surface area (Å²) in [6.07, 6.45) is 0. The van der Waals surface area contributed by atoms with Gasteiger partial charge in [0.1, 0.15) is 18.0 Å². The molecule has 2 amide bonds. The van der Waals surface area contributed by atoms with Gasteiger partial charge in [0.05, 0.1) is 18.5 Å². The Kier molecular flexibility index (Phi) is 5.61. The van der Waals surface area contributed by atoms with Gasteiger partial charge in [-0.3, -0.25) is 14.5 Å². The topological polar surface area (TPSA) is 80.2 Å². The van der Waals surface area contributed by atoms with Crippen molar-refractivity contribution in [1.29, 1.82) is 0 Å². The molecule has 3 rings (SSSR count). The fourth-order valence-electron chi connectivity index (χ4n) is 2.68. The summed E-state index contributed by atoms with van der Waals surface area (Å²) >= 11 is 6.02. The van der Waals surface area contributed by atoms with E-state index in [1.54, 1.807) is 56.5 Å². The van der Waals surface area contributed by atoms with Crippen molar-refractivity contribution in [2.75, 3.05) is 25.2 Å². The predicted octanol–water partition coefficient (Wildman–Crippen LogP) is 2.61. The maximum Gasteiger partial charge on any atom is 0.265 e. The first-order valence-electron chi connectivity index (χ1n) is 8.19. The van der Waals surface area contributed by atoms with Gasteiger partial charge in [-0.2, -0.15) is 5.10 Å². The number of nitrogens with one attached hydrogen (secondary N) is 1. The number of hydrazone groups is 1. The monoisotopic (exact) mass is 387 g/mol. The Morgan fingerprint density at radius 3 is 2.89 bits per heavy atom. The minimum atomic E-state index is -0.430. The lowest BCUT2D eigenvalue weighted by Crippen LogP contribution is -2.44. The van der Waals surface area contributed by atoms with Crippen LogP contribution < -0.4 is 19.8 Å². The smallest absolute Gasteiger partial charge is 0.265 e. The Hall–Kier alpha value is -3.06. The summed E-state index contributed by atoms with van der Waals surface area (Å²) in [6.45, 7) is 1.46. The van der Waals surface area contributed by atoms with Crippen molar-refractivity contribution in [2.45, 2.75) is 6.92 Å². The Morgan fingerprint density at radius 1 is 1.33 bits per heavy atom. The number of hydrogen-bond acceptors (Lipinski definition) is 5. The zero-order valence-corrected chi connectivity index (χ0v) is 15.6. The normalized spacial score (nSPS) is 13.7. The van der Waals surface area contributed by atoms with Crippen molar-refractivity contribution < 1.29 is 19.1 Å². The van der Waals surface area contributed by atoms with E-state index in [-0.39, 0.29) is 19.1 Å². The van der Waals surface area contributed by atoms with Gasteiger partial charge in [0.2, 0.25) is 0 Å². The molecule has 0 saturated heterocycles. The van der Waals surface area contributed by atoms with Crippen LogP contribution in [0.5, 0.6) is 11.5 Å². The average molecular weight is 388 g/mol. The summed E-state index contributed by atoms with van der Waals surface area (Å²) in [5.41, 5.74) is 4.21. The molecule has 0 atom stereocenters. The fourth-order valence-corrected chi connectivity index (χ4v) is 2.85. The van der Waals surface area contributed by atoms with Gasteiger partial charge in [-0.15, -0.1) is 0 Å². The Bertz CT molecular complexity index is 914. The molecule has 7 nitrogen and oxygen atoms in total. The number of amides is 2. The molecule has 0 bridgehead atoms. The molecule has 1 N–H and O–H groups in total. The zero-order valence-electron chi connectivity index (χ0n) is 14.9. The molecule has 0 radical (unpaired) electrons. The molecule has 0 aliphatic carbocycles. The van der Waals surface area contributed by atoms with Crippen LogP contribution in [0.3, 0.4) is 0 Å². The van der Waals surface area contributed by atoms with Gasteiger partial charge in [0, 0.05) is 10.6 Å². The molecule has 1 aliphatic rings. The molecule has 8 heteroatoms. The molecular formula is C19H18ClN3O4. The number of carbonyl (C=O) groups is 2. The lowest BCUT2D eigenvalue weighted by atomic mass is 10.1. The van der Waals surface area contributed by atoms with E-state index >= 15 is 0 Å². The molecule has 0 aromatic heterocycles. The summed E-state index contributed by atoms with van der Waals surface area (Å²) in [5, 5.41) is 4.63. The van der Waals surface area contributed by atoms with E-state index in [4.69, 9.17) is 21.1 Å². The second-order valence-corrected chi connectivity index (χ2v) is 6.25. The molecule has 0 saturated carbocycles. The number of anilines is 1. The molecule has 0 spiro atoms. The van der Waals surface area contributed by atoms with Crippen molar-refractivity contribution in [3.05, 3.63) is 53.1 Å². The van der Waals surface area contributed by atoms with E-state index in [0.717, 1.165) is 0 Å². The van der Waals surface area contributed by atoms with Gasteiger partial charge < -0.3 is 9.47 Å². The number of nitrogens with zero attached hydrogens (tertiary/aromatic N) is 2. The minimum Gasteiger partial charge on any atom is -0.496 e. The summed E-state index contributed by atoms with van der Waals surface area (Å²) in [4.78, 5) is 25.8. The highest BCUT2D eigenvalue weighted by molar-refractivity contribution is 6.31. The number of para-hydroxylation sites is 2. The van der Waals surface area contributed by atoms with Crippen LogP contribution in [0.2, 0.25) is 5.02 Å². The number of ether oxygens (including phenoxy) is 2. The van der Waals surface area contributed by atoms with Crippen LogP contribution in [0.25, 0.3) is 0 Å². The number of methoxy groups -OCH3 is 1. The second-order valence-electron chi connectivity index (χ2n) is 5.81. The summed E-state index contributed by atoms with van der Waals surface area (Å²) in [7, 11) is 1.54. The standard InChI is InChI=1S/C19H18ClN3O4/c1-12(14-9-13(20)7-8-16(14)26-2)21-22-18(24)10-23-15-5-3-4-6-17(15)27-11-19(23)25/h3-9H,10-11H2,1-2H3,(H,22,24)/b21-12-. The molecule has 140 valence electrons. The van der Waals surface area contributed by atoms with Crippen LogP contribution >= 0.6 is 11.6 Å². The SMILES string of the molecule is COc1ccc(Cl)cc1/C(C)=N\NC(=O)CN1C(=O)COc2ccccc21. The number of rotatable bonds is 5.